The summed E-state index contributed by atoms with van der Waals surface area (Å²) >= 11 is 0. The van der Waals surface area contributed by atoms with Crippen molar-refractivity contribution >= 4 is 0 Å². The highest BCUT2D eigenvalue weighted by Gasteiger charge is 2.30. The highest BCUT2D eigenvalue weighted by Crippen LogP contribution is 2.31. The maximum atomic E-state index is 13.6. The van der Waals surface area contributed by atoms with Crippen LogP contribution < -0.4 is 5.32 Å². The fourth-order valence-corrected chi connectivity index (χ4v) is 2.46. The van der Waals surface area contributed by atoms with Crippen molar-refractivity contribution in [1.82, 2.24) is 5.32 Å². The van der Waals surface area contributed by atoms with E-state index in [9.17, 15) is 9.50 Å². The van der Waals surface area contributed by atoms with E-state index in [2.05, 4.69) is 5.32 Å². The van der Waals surface area contributed by atoms with Gasteiger partial charge in [-0.25, -0.2) is 4.39 Å². The van der Waals surface area contributed by atoms with Crippen molar-refractivity contribution in [2.45, 2.75) is 25.4 Å². The van der Waals surface area contributed by atoms with Gasteiger partial charge in [0.15, 0.2) is 0 Å². The lowest BCUT2D eigenvalue weighted by Gasteiger charge is -2.27. The predicted molar refractivity (Wildman–Crippen MR) is 61.6 cm³/mol. The Bertz CT molecular complexity index is 359. The summed E-state index contributed by atoms with van der Waals surface area (Å²) in [5.41, 5.74) is -0.663. The number of aliphatic hydroxyl groups is 1. The van der Waals surface area contributed by atoms with Crippen LogP contribution in [0.1, 0.15) is 25.3 Å². The number of rotatable bonds is 3. The van der Waals surface area contributed by atoms with Crippen LogP contribution in [0.2, 0.25) is 0 Å². The Balaban J connectivity index is 2.14. The van der Waals surface area contributed by atoms with E-state index in [1.54, 1.807) is 25.1 Å². The first-order valence-electron chi connectivity index (χ1n) is 5.78. The SMILES string of the molecule is CC(O)(CC1CCNC1)c1ccccc1F. The molecule has 1 aromatic carbocycles. The van der Waals surface area contributed by atoms with Crippen LogP contribution in [-0.4, -0.2) is 18.2 Å². The van der Waals surface area contributed by atoms with Gasteiger partial charge in [-0.05, 0) is 44.8 Å². The van der Waals surface area contributed by atoms with Gasteiger partial charge in [0.2, 0.25) is 0 Å². The molecule has 1 aliphatic heterocycles. The Morgan fingerprint density at radius 3 is 2.88 bits per heavy atom. The first-order chi connectivity index (χ1) is 7.59. The molecular formula is C13H18FNO. The van der Waals surface area contributed by atoms with E-state index in [1.165, 1.54) is 6.07 Å². The third-order valence-corrected chi connectivity index (χ3v) is 3.30. The lowest BCUT2D eigenvalue weighted by atomic mass is 9.85. The van der Waals surface area contributed by atoms with Crippen LogP contribution in [0, 0.1) is 11.7 Å². The van der Waals surface area contributed by atoms with Crippen LogP contribution >= 0.6 is 0 Å². The van der Waals surface area contributed by atoms with Gasteiger partial charge in [0.25, 0.3) is 0 Å². The van der Waals surface area contributed by atoms with Crippen molar-refractivity contribution in [3.8, 4) is 0 Å². The van der Waals surface area contributed by atoms with Crippen LogP contribution in [0.25, 0.3) is 0 Å². The molecule has 1 heterocycles. The number of hydrogen-bond donors (Lipinski definition) is 2. The molecule has 2 nitrogen and oxygen atoms in total. The Morgan fingerprint density at radius 1 is 1.50 bits per heavy atom. The van der Waals surface area contributed by atoms with Crippen LogP contribution in [0.15, 0.2) is 24.3 Å². The van der Waals surface area contributed by atoms with E-state index in [4.69, 9.17) is 0 Å². The standard InChI is InChI=1S/C13H18FNO/c1-13(16,8-10-6-7-15-9-10)11-4-2-3-5-12(11)14/h2-5,10,15-16H,6-9H2,1H3. The molecule has 1 aliphatic rings. The molecule has 0 aromatic heterocycles. The van der Waals surface area contributed by atoms with Crippen molar-refractivity contribution in [1.29, 1.82) is 0 Å². The molecule has 0 bridgehead atoms. The molecule has 0 saturated carbocycles. The van der Waals surface area contributed by atoms with E-state index in [0.717, 1.165) is 19.5 Å². The van der Waals surface area contributed by atoms with Crippen molar-refractivity contribution in [2.75, 3.05) is 13.1 Å². The van der Waals surface area contributed by atoms with Gasteiger partial charge in [0.05, 0.1) is 5.60 Å². The summed E-state index contributed by atoms with van der Waals surface area (Å²) in [5.74, 6) is 0.119. The molecule has 2 rings (SSSR count). The highest BCUT2D eigenvalue weighted by atomic mass is 19.1. The molecule has 1 saturated heterocycles. The topological polar surface area (TPSA) is 32.3 Å². The van der Waals surface area contributed by atoms with Gasteiger partial charge in [-0.1, -0.05) is 18.2 Å². The maximum Gasteiger partial charge on any atom is 0.129 e. The third kappa shape index (κ3) is 2.42. The summed E-state index contributed by atoms with van der Waals surface area (Å²) in [5, 5.41) is 13.6. The van der Waals surface area contributed by atoms with Gasteiger partial charge in [0, 0.05) is 5.56 Å². The van der Waals surface area contributed by atoms with Crippen LogP contribution in [0.5, 0.6) is 0 Å². The molecular weight excluding hydrogens is 205 g/mol. The Kier molecular flexibility index (Phi) is 3.26. The average Bonchev–Trinajstić information content (AvgIpc) is 2.70. The molecule has 0 aliphatic carbocycles. The highest BCUT2D eigenvalue weighted by molar-refractivity contribution is 5.23. The van der Waals surface area contributed by atoms with Crippen molar-refractivity contribution in [3.63, 3.8) is 0 Å². The Morgan fingerprint density at radius 2 is 2.25 bits per heavy atom. The molecule has 88 valence electrons. The van der Waals surface area contributed by atoms with Crippen LogP contribution in [0.4, 0.5) is 4.39 Å². The molecule has 3 heteroatoms. The van der Waals surface area contributed by atoms with Crippen molar-refractivity contribution in [3.05, 3.63) is 35.6 Å². The molecule has 0 amide bonds. The fourth-order valence-electron chi connectivity index (χ4n) is 2.46. The number of nitrogens with one attached hydrogen (secondary N) is 1. The second-order valence-corrected chi connectivity index (χ2v) is 4.82. The second kappa shape index (κ2) is 4.52. The summed E-state index contributed by atoms with van der Waals surface area (Å²) < 4.78 is 13.6. The zero-order valence-corrected chi connectivity index (χ0v) is 9.54. The minimum absolute atomic E-state index is 0.321. The second-order valence-electron chi connectivity index (χ2n) is 4.82. The smallest absolute Gasteiger partial charge is 0.129 e. The molecule has 16 heavy (non-hydrogen) atoms. The lowest BCUT2D eigenvalue weighted by molar-refractivity contribution is 0.0291. The van der Waals surface area contributed by atoms with E-state index < -0.39 is 5.60 Å². The number of benzene rings is 1. The van der Waals surface area contributed by atoms with E-state index in [1.807, 2.05) is 0 Å². The molecule has 0 radical (unpaired) electrons. The quantitative estimate of drug-likeness (QED) is 0.821. The Labute approximate surface area is 95.5 Å². The van der Waals surface area contributed by atoms with Gasteiger partial charge < -0.3 is 10.4 Å². The van der Waals surface area contributed by atoms with E-state index >= 15 is 0 Å². The van der Waals surface area contributed by atoms with Crippen LogP contribution in [0.3, 0.4) is 0 Å². The summed E-state index contributed by atoms with van der Waals surface area (Å²) in [6.45, 7) is 3.62. The summed E-state index contributed by atoms with van der Waals surface area (Å²) in [6.07, 6.45) is 1.67. The summed E-state index contributed by atoms with van der Waals surface area (Å²) in [6, 6.07) is 6.47. The average molecular weight is 223 g/mol. The van der Waals surface area contributed by atoms with Gasteiger partial charge in [-0.3, -0.25) is 0 Å². The zero-order chi connectivity index (χ0) is 11.6. The van der Waals surface area contributed by atoms with E-state index in [0.29, 0.717) is 17.9 Å². The van der Waals surface area contributed by atoms with Gasteiger partial charge in [-0.15, -0.1) is 0 Å². The van der Waals surface area contributed by atoms with Gasteiger partial charge in [-0.2, -0.15) is 0 Å². The van der Waals surface area contributed by atoms with Crippen LogP contribution in [-0.2, 0) is 5.60 Å². The monoisotopic (exact) mass is 223 g/mol. The molecule has 0 spiro atoms. The van der Waals surface area contributed by atoms with Crippen molar-refractivity contribution < 1.29 is 9.50 Å². The molecule has 2 atom stereocenters. The maximum absolute atomic E-state index is 13.6. The lowest BCUT2D eigenvalue weighted by Crippen LogP contribution is -2.27. The summed E-state index contributed by atoms with van der Waals surface area (Å²) in [7, 11) is 0. The summed E-state index contributed by atoms with van der Waals surface area (Å²) in [4.78, 5) is 0. The Hall–Kier alpha value is -0.930. The third-order valence-electron chi connectivity index (χ3n) is 3.30. The predicted octanol–water partition coefficient (Wildman–Crippen LogP) is 2.03. The first-order valence-corrected chi connectivity index (χ1v) is 5.78. The zero-order valence-electron chi connectivity index (χ0n) is 9.54. The van der Waals surface area contributed by atoms with Crippen molar-refractivity contribution in [2.24, 2.45) is 5.92 Å². The number of hydrogen-bond acceptors (Lipinski definition) is 2. The molecule has 2 unspecified atom stereocenters. The largest absolute Gasteiger partial charge is 0.385 e. The minimum Gasteiger partial charge on any atom is -0.385 e. The van der Waals surface area contributed by atoms with Gasteiger partial charge in [0.1, 0.15) is 5.82 Å². The molecule has 2 N–H and O–H groups in total. The van der Waals surface area contributed by atoms with Gasteiger partial charge >= 0.3 is 0 Å². The molecule has 1 aromatic rings. The normalized spacial score (nSPS) is 24.3. The fraction of sp³-hybridized carbons (Fsp3) is 0.538. The first kappa shape index (κ1) is 11.6. The minimum atomic E-state index is -1.07. The molecule has 1 fully saturated rings. The number of halogens is 1. The van der Waals surface area contributed by atoms with E-state index in [-0.39, 0.29) is 5.82 Å².